The highest BCUT2D eigenvalue weighted by Crippen LogP contribution is 2.42. The molecule has 2 saturated heterocycles. The van der Waals surface area contributed by atoms with E-state index in [2.05, 4.69) is 9.88 Å². The van der Waals surface area contributed by atoms with E-state index >= 15 is 0 Å². The zero-order valence-corrected chi connectivity index (χ0v) is 15.4. The first-order valence-electron chi connectivity index (χ1n) is 9.79. The zero-order chi connectivity index (χ0) is 18.1. The van der Waals surface area contributed by atoms with Gasteiger partial charge in [0.25, 0.3) is 5.91 Å². The summed E-state index contributed by atoms with van der Waals surface area (Å²) in [6.07, 6.45) is 6.83. The Morgan fingerprint density at radius 1 is 1.35 bits per heavy atom. The maximum atomic E-state index is 13.1. The third kappa shape index (κ3) is 3.17. The molecule has 1 atom stereocenters. The molecule has 26 heavy (non-hydrogen) atoms. The molecule has 0 bridgehead atoms. The largest absolute Gasteiger partial charge is 0.477 e. The van der Waals surface area contributed by atoms with E-state index < -0.39 is 0 Å². The van der Waals surface area contributed by atoms with Gasteiger partial charge in [-0.3, -0.25) is 9.59 Å². The van der Waals surface area contributed by atoms with Gasteiger partial charge in [-0.2, -0.15) is 0 Å². The topological polar surface area (TPSA) is 62.7 Å². The van der Waals surface area contributed by atoms with Crippen molar-refractivity contribution in [3.8, 4) is 5.88 Å². The fourth-order valence-corrected chi connectivity index (χ4v) is 4.34. The quantitative estimate of drug-likeness (QED) is 0.811. The Balaban J connectivity index is 1.49. The fourth-order valence-electron chi connectivity index (χ4n) is 4.34. The number of carbonyl (C=O) groups is 2. The molecule has 3 heterocycles. The van der Waals surface area contributed by atoms with Gasteiger partial charge in [-0.05, 0) is 57.1 Å². The number of rotatable bonds is 5. The van der Waals surface area contributed by atoms with Gasteiger partial charge in [-0.15, -0.1) is 0 Å². The van der Waals surface area contributed by atoms with Crippen LogP contribution in [0.4, 0.5) is 0 Å². The molecule has 1 saturated carbocycles. The van der Waals surface area contributed by atoms with Crippen LogP contribution in [0.25, 0.3) is 0 Å². The SMILES string of the molecule is CCOc1ncccc1C(=O)N1CC[C@]2(CCCN(CC3CC3)C2=O)C1. The summed E-state index contributed by atoms with van der Waals surface area (Å²) in [6.45, 7) is 5.28. The summed E-state index contributed by atoms with van der Waals surface area (Å²) in [6, 6.07) is 3.51. The monoisotopic (exact) mass is 357 g/mol. The molecule has 0 N–H and O–H groups in total. The van der Waals surface area contributed by atoms with E-state index in [0.717, 1.165) is 32.4 Å². The van der Waals surface area contributed by atoms with Crippen LogP contribution >= 0.6 is 0 Å². The van der Waals surface area contributed by atoms with Crippen LogP contribution in [-0.2, 0) is 4.79 Å². The van der Waals surface area contributed by atoms with Gasteiger partial charge in [0.1, 0.15) is 5.56 Å². The summed E-state index contributed by atoms with van der Waals surface area (Å²) < 4.78 is 5.51. The van der Waals surface area contributed by atoms with Crippen molar-refractivity contribution in [3.63, 3.8) is 0 Å². The van der Waals surface area contributed by atoms with Crippen LogP contribution in [0.15, 0.2) is 18.3 Å². The van der Waals surface area contributed by atoms with Gasteiger partial charge < -0.3 is 14.5 Å². The molecule has 1 aromatic heterocycles. The van der Waals surface area contributed by atoms with Crippen molar-refractivity contribution >= 4 is 11.8 Å². The number of ether oxygens (including phenoxy) is 1. The van der Waals surface area contributed by atoms with Crippen LogP contribution in [0, 0.1) is 11.3 Å². The molecule has 3 aliphatic rings. The van der Waals surface area contributed by atoms with Crippen LogP contribution in [-0.4, -0.2) is 59.4 Å². The highest BCUT2D eigenvalue weighted by molar-refractivity contribution is 5.97. The number of likely N-dealkylation sites (tertiary alicyclic amines) is 2. The molecule has 1 aromatic rings. The molecular formula is C20H27N3O3. The van der Waals surface area contributed by atoms with Crippen LogP contribution in [0.3, 0.4) is 0 Å². The summed E-state index contributed by atoms with van der Waals surface area (Å²) in [5.41, 5.74) is 0.112. The number of amides is 2. The lowest BCUT2D eigenvalue weighted by atomic mass is 9.78. The summed E-state index contributed by atoms with van der Waals surface area (Å²) in [5.74, 6) is 1.27. The van der Waals surface area contributed by atoms with Crippen LogP contribution < -0.4 is 4.74 Å². The van der Waals surface area contributed by atoms with E-state index in [9.17, 15) is 9.59 Å². The second kappa shape index (κ2) is 6.89. The Morgan fingerprint density at radius 3 is 2.96 bits per heavy atom. The minimum Gasteiger partial charge on any atom is -0.477 e. The maximum Gasteiger partial charge on any atom is 0.259 e. The van der Waals surface area contributed by atoms with Crippen LogP contribution in [0.1, 0.15) is 49.4 Å². The minimum absolute atomic E-state index is 0.0782. The molecule has 0 unspecified atom stereocenters. The molecule has 2 amide bonds. The van der Waals surface area contributed by atoms with Gasteiger partial charge in [0.2, 0.25) is 11.8 Å². The number of piperidine rings is 1. The fraction of sp³-hybridized carbons (Fsp3) is 0.650. The molecule has 6 heteroatoms. The van der Waals surface area contributed by atoms with E-state index in [0.29, 0.717) is 37.1 Å². The van der Waals surface area contributed by atoms with Crippen molar-refractivity contribution in [2.24, 2.45) is 11.3 Å². The van der Waals surface area contributed by atoms with E-state index in [1.54, 1.807) is 18.3 Å². The van der Waals surface area contributed by atoms with E-state index in [1.165, 1.54) is 12.8 Å². The Kier molecular flexibility index (Phi) is 4.59. The lowest BCUT2D eigenvalue weighted by molar-refractivity contribution is -0.145. The molecule has 2 aliphatic heterocycles. The lowest BCUT2D eigenvalue weighted by Gasteiger charge is -2.39. The van der Waals surface area contributed by atoms with E-state index in [4.69, 9.17) is 4.74 Å². The van der Waals surface area contributed by atoms with Crippen molar-refractivity contribution in [1.82, 2.24) is 14.8 Å². The molecule has 1 aliphatic carbocycles. The average molecular weight is 357 g/mol. The van der Waals surface area contributed by atoms with Crippen LogP contribution in [0.5, 0.6) is 5.88 Å². The second-order valence-electron chi connectivity index (χ2n) is 7.84. The first-order chi connectivity index (χ1) is 12.6. The van der Waals surface area contributed by atoms with Gasteiger partial charge >= 0.3 is 0 Å². The third-order valence-corrected chi connectivity index (χ3v) is 5.92. The lowest BCUT2D eigenvalue weighted by Crippen LogP contribution is -2.51. The Hall–Kier alpha value is -2.11. The van der Waals surface area contributed by atoms with Gasteiger partial charge in [0.15, 0.2) is 0 Å². The highest BCUT2D eigenvalue weighted by Gasteiger charge is 2.50. The zero-order valence-electron chi connectivity index (χ0n) is 15.4. The molecule has 3 fully saturated rings. The molecule has 4 rings (SSSR count). The van der Waals surface area contributed by atoms with Gasteiger partial charge in [-0.25, -0.2) is 4.98 Å². The average Bonchev–Trinajstić information content (AvgIpc) is 3.37. The Bertz CT molecular complexity index is 703. The van der Waals surface area contributed by atoms with Crippen molar-refractivity contribution in [2.45, 2.75) is 39.0 Å². The Labute approximate surface area is 154 Å². The van der Waals surface area contributed by atoms with Gasteiger partial charge in [0.05, 0.1) is 12.0 Å². The second-order valence-corrected chi connectivity index (χ2v) is 7.84. The van der Waals surface area contributed by atoms with Crippen molar-refractivity contribution in [3.05, 3.63) is 23.9 Å². The first kappa shape index (κ1) is 17.3. The molecule has 0 radical (unpaired) electrons. The summed E-state index contributed by atoms with van der Waals surface area (Å²) in [5, 5.41) is 0. The molecule has 140 valence electrons. The maximum absolute atomic E-state index is 13.1. The number of nitrogens with zero attached hydrogens (tertiary/aromatic N) is 3. The summed E-state index contributed by atoms with van der Waals surface area (Å²) in [7, 11) is 0. The van der Waals surface area contributed by atoms with Crippen molar-refractivity contribution in [1.29, 1.82) is 0 Å². The summed E-state index contributed by atoms with van der Waals surface area (Å²) in [4.78, 5) is 34.2. The Morgan fingerprint density at radius 2 is 2.19 bits per heavy atom. The predicted octanol–water partition coefficient (Wildman–Crippen LogP) is 2.35. The molecular weight excluding hydrogens is 330 g/mol. The van der Waals surface area contributed by atoms with E-state index in [-0.39, 0.29) is 17.2 Å². The third-order valence-electron chi connectivity index (χ3n) is 5.92. The smallest absolute Gasteiger partial charge is 0.259 e. The number of pyridine rings is 1. The van der Waals surface area contributed by atoms with Gasteiger partial charge in [-0.1, -0.05) is 0 Å². The number of carbonyl (C=O) groups excluding carboxylic acids is 2. The number of aromatic nitrogens is 1. The molecule has 0 aromatic carbocycles. The number of hydrogen-bond donors (Lipinski definition) is 0. The van der Waals surface area contributed by atoms with Gasteiger partial charge in [0, 0.05) is 32.4 Å². The van der Waals surface area contributed by atoms with Crippen molar-refractivity contribution in [2.75, 3.05) is 32.8 Å². The van der Waals surface area contributed by atoms with E-state index in [1.807, 2.05) is 11.8 Å². The molecule has 6 nitrogen and oxygen atoms in total. The number of hydrogen-bond acceptors (Lipinski definition) is 4. The molecule has 1 spiro atoms. The van der Waals surface area contributed by atoms with Crippen LogP contribution in [0.2, 0.25) is 0 Å². The summed E-state index contributed by atoms with van der Waals surface area (Å²) >= 11 is 0. The standard InChI is InChI=1S/C20H27N3O3/c1-2-26-17-16(5-3-10-21-17)18(24)23-12-9-20(14-23)8-4-11-22(19(20)25)13-15-6-7-15/h3,5,10,15H,2,4,6-9,11-14H2,1H3/t20-/m1/s1. The predicted molar refractivity (Wildman–Crippen MR) is 96.9 cm³/mol. The van der Waals surface area contributed by atoms with Crippen molar-refractivity contribution < 1.29 is 14.3 Å². The first-order valence-corrected chi connectivity index (χ1v) is 9.79. The highest BCUT2D eigenvalue weighted by atomic mass is 16.5. The minimum atomic E-state index is -0.378. The normalized spacial score (nSPS) is 25.8.